The average molecular weight is 671 g/mol. The Morgan fingerprint density at radius 3 is 2.41 bits per heavy atom. The number of ether oxygens (including phenoxy) is 3. The van der Waals surface area contributed by atoms with E-state index in [0.717, 1.165) is 16.3 Å². The fraction of sp³-hybridized carbons (Fsp3) is 0.125. The van der Waals surface area contributed by atoms with Gasteiger partial charge in [0, 0.05) is 16.7 Å². The standard InChI is InChI=1S/C40H31FN2O5S/c1-3-47-39(45)35-36(26-12-5-4-6-13-26)42-40-43(37(35)27-17-20-29(46-2)21-18-27)38(44)34(49-40)23-31-30-15-9-7-11-25(30)19-22-33(31)48-24-28-14-8-10-16-32(28)41/h4-23,37H,3,24H2,1-2H3/b34-23-/t37-/m1/s1. The Bertz CT molecular complexity index is 2400. The summed E-state index contributed by atoms with van der Waals surface area (Å²) in [6.45, 7) is 1.91. The first kappa shape index (κ1) is 31.8. The van der Waals surface area contributed by atoms with Crippen molar-refractivity contribution in [3.8, 4) is 11.5 Å². The maximum Gasteiger partial charge on any atom is 0.338 e. The van der Waals surface area contributed by atoms with E-state index in [1.54, 1.807) is 55.0 Å². The first-order valence-electron chi connectivity index (χ1n) is 15.8. The highest BCUT2D eigenvalue weighted by atomic mass is 32.1. The highest BCUT2D eigenvalue weighted by Crippen LogP contribution is 2.36. The lowest BCUT2D eigenvalue weighted by Gasteiger charge is -2.26. The van der Waals surface area contributed by atoms with E-state index in [1.165, 1.54) is 17.4 Å². The van der Waals surface area contributed by atoms with E-state index in [1.807, 2.05) is 78.9 Å². The minimum Gasteiger partial charge on any atom is -0.497 e. The van der Waals surface area contributed by atoms with Gasteiger partial charge in [0.25, 0.3) is 5.56 Å². The third-order valence-corrected chi connectivity index (χ3v) is 9.34. The zero-order valence-corrected chi connectivity index (χ0v) is 27.6. The summed E-state index contributed by atoms with van der Waals surface area (Å²) in [4.78, 5) is 33.7. The molecule has 1 atom stereocenters. The van der Waals surface area contributed by atoms with Gasteiger partial charge in [-0.2, -0.15) is 0 Å². The molecule has 0 bridgehead atoms. The largest absolute Gasteiger partial charge is 0.497 e. The van der Waals surface area contributed by atoms with Gasteiger partial charge < -0.3 is 14.2 Å². The lowest BCUT2D eigenvalue weighted by Crippen LogP contribution is -2.40. The van der Waals surface area contributed by atoms with Crippen molar-refractivity contribution in [3.05, 3.63) is 169 Å². The highest BCUT2D eigenvalue weighted by Gasteiger charge is 2.35. The maximum absolute atomic E-state index is 14.6. The third-order valence-electron chi connectivity index (χ3n) is 8.35. The van der Waals surface area contributed by atoms with E-state index < -0.39 is 12.0 Å². The predicted molar refractivity (Wildman–Crippen MR) is 189 cm³/mol. The Balaban J connectivity index is 1.46. The van der Waals surface area contributed by atoms with Gasteiger partial charge in [0.2, 0.25) is 0 Å². The number of carbonyl (C=O) groups excluding carboxylic acids is 1. The molecule has 0 N–H and O–H groups in total. The Morgan fingerprint density at radius 2 is 1.65 bits per heavy atom. The second-order valence-electron chi connectivity index (χ2n) is 11.3. The van der Waals surface area contributed by atoms with Gasteiger partial charge in [-0.25, -0.2) is 14.2 Å². The molecule has 0 radical (unpaired) electrons. The topological polar surface area (TPSA) is 79.1 Å². The van der Waals surface area contributed by atoms with Crippen LogP contribution >= 0.6 is 11.3 Å². The predicted octanol–water partition coefficient (Wildman–Crippen LogP) is 6.82. The fourth-order valence-corrected chi connectivity index (χ4v) is 6.98. The quantitative estimate of drug-likeness (QED) is 0.158. The number of halogens is 1. The number of carbonyl (C=O) groups is 1. The Morgan fingerprint density at radius 1 is 0.918 bits per heavy atom. The monoisotopic (exact) mass is 670 g/mol. The average Bonchev–Trinajstić information content (AvgIpc) is 3.45. The van der Waals surface area contributed by atoms with E-state index in [4.69, 9.17) is 19.2 Å². The van der Waals surface area contributed by atoms with Gasteiger partial charge in [-0.05, 0) is 53.6 Å². The number of hydrogen-bond donors (Lipinski definition) is 0. The Labute approximate surface area is 285 Å². The van der Waals surface area contributed by atoms with Crippen LogP contribution in [-0.2, 0) is 16.1 Å². The summed E-state index contributed by atoms with van der Waals surface area (Å²) in [7, 11) is 1.58. The molecule has 0 amide bonds. The van der Waals surface area contributed by atoms with Gasteiger partial charge in [-0.1, -0.05) is 102 Å². The molecule has 9 heteroatoms. The van der Waals surface area contributed by atoms with Crippen LogP contribution in [0.25, 0.3) is 22.5 Å². The molecule has 7 rings (SSSR count). The smallest absolute Gasteiger partial charge is 0.338 e. The van der Waals surface area contributed by atoms with Crippen molar-refractivity contribution in [2.24, 2.45) is 4.99 Å². The van der Waals surface area contributed by atoms with Crippen molar-refractivity contribution in [1.82, 2.24) is 4.57 Å². The number of nitrogens with zero attached hydrogens (tertiary/aromatic N) is 2. The van der Waals surface area contributed by atoms with Gasteiger partial charge in [0.1, 0.15) is 23.9 Å². The van der Waals surface area contributed by atoms with E-state index in [-0.39, 0.29) is 30.2 Å². The molecule has 0 saturated carbocycles. The van der Waals surface area contributed by atoms with Gasteiger partial charge in [0.15, 0.2) is 4.80 Å². The first-order valence-corrected chi connectivity index (χ1v) is 16.6. The van der Waals surface area contributed by atoms with E-state index >= 15 is 0 Å². The Hall–Kier alpha value is -5.80. The minimum absolute atomic E-state index is 0.00785. The second kappa shape index (κ2) is 13.7. The molecule has 244 valence electrons. The normalized spacial score (nSPS) is 14.3. The van der Waals surface area contributed by atoms with Crippen LogP contribution in [0.3, 0.4) is 0 Å². The summed E-state index contributed by atoms with van der Waals surface area (Å²) < 4.78 is 33.6. The van der Waals surface area contributed by atoms with Crippen LogP contribution in [0.15, 0.2) is 131 Å². The van der Waals surface area contributed by atoms with Crippen molar-refractivity contribution < 1.29 is 23.4 Å². The molecule has 49 heavy (non-hydrogen) atoms. The molecule has 0 fully saturated rings. The van der Waals surface area contributed by atoms with Gasteiger partial charge in [0.05, 0.1) is 35.6 Å². The SMILES string of the molecule is CCOC(=O)C1=C(c2ccccc2)N=c2s/c(=C\c3c(OCc4ccccc4F)ccc4ccccc34)c(=O)n2[C@@H]1c1ccc(OC)cc1. The van der Waals surface area contributed by atoms with Crippen LogP contribution < -0.4 is 24.4 Å². The fourth-order valence-electron chi connectivity index (χ4n) is 5.99. The molecular weight excluding hydrogens is 640 g/mol. The van der Waals surface area contributed by atoms with Crippen molar-refractivity contribution >= 4 is 39.9 Å². The van der Waals surface area contributed by atoms with Crippen LogP contribution in [0, 0.1) is 5.82 Å². The zero-order chi connectivity index (χ0) is 33.9. The third kappa shape index (κ3) is 6.16. The summed E-state index contributed by atoms with van der Waals surface area (Å²) in [5.41, 5.74) is 2.88. The summed E-state index contributed by atoms with van der Waals surface area (Å²) in [6.07, 6.45) is 1.80. The van der Waals surface area contributed by atoms with Crippen LogP contribution in [0.4, 0.5) is 4.39 Å². The second-order valence-corrected chi connectivity index (χ2v) is 12.3. The summed E-state index contributed by atoms with van der Waals surface area (Å²) in [6, 6.07) is 33.9. The number of fused-ring (bicyclic) bond motifs is 2. The molecule has 1 aromatic heterocycles. The molecule has 6 aromatic rings. The molecule has 5 aromatic carbocycles. The molecule has 2 heterocycles. The molecule has 0 spiro atoms. The lowest BCUT2D eigenvalue weighted by atomic mass is 9.93. The number of methoxy groups -OCH3 is 1. The lowest BCUT2D eigenvalue weighted by molar-refractivity contribution is -0.138. The number of rotatable bonds is 9. The van der Waals surface area contributed by atoms with Crippen molar-refractivity contribution in [2.45, 2.75) is 19.6 Å². The van der Waals surface area contributed by atoms with Gasteiger partial charge in [-0.15, -0.1) is 0 Å². The minimum atomic E-state index is -0.831. The molecule has 1 aliphatic heterocycles. The van der Waals surface area contributed by atoms with Crippen molar-refractivity contribution in [2.75, 3.05) is 13.7 Å². The van der Waals surface area contributed by atoms with Crippen molar-refractivity contribution in [3.63, 3.8) is 0 Å². The van der Waals surface area contributed by atoms with E-state index in [0.29, 0.717) is 43.2 Å². The number of esters is 1. The molecule has 1 aliphatic rings. The first-order chi connectivity index (χ1) is 24.0. The van der Waals surface area contributed by atoms with Gasteiger partial charge >= 0.3 is 5.97 Å². The Kier molecular flexibility index (Phi) is 8.91. The van der Waals surface area contributed by atoms with Crippen molar-refractivity contribution in [1.29, 1.82) is 0 Å². The van der Waals surface area contributed by atoms with Crippen LogP contribution in [0.2, 0.25) is 0 Å². The molecule has 7 nitrogen and oxygen atoms in total. The van der Waals surface area contributed by atoms with Crippen LogP contribution in [0.1, 0.15) is 35.2 Å². The molecule has 0 unspecified atom stereocenters. The van der Waals surface area contributed by atoms with Crippen LogP contribution in [-0.4, -0.2) is 24.3 Å². The van der Waals surface area contributed by atoms with E-state index in [9.17, 15) is 14.0 Å². The number of aromatic nitrogens is 1. The summed E-state index contributed by atoms with van der Waals surface area (Å²) in [5.74, 6) is 0.220. The number of hydrogen-bond acceptors (Lipinski definition) is 7. The van der Waals surface area contributed by atoms with Crippen LogP contribution in [0.5, 0.6) is 11.5 Å². The molecule has 0 saturated heterocycles. The number of thiazole rings is 1. The summed E-state index contributed by atoms with van der Waals surface area (Å²) in [5, 5.41) is 1.81. The molecule has 0 aliphatic carbocycles. The molecular formula is C40H31FN2O5S. The maximum atomic E-state index is 14.6. The highest BCUT2D eigenvalue weighted by molar-refractivity contribution is 7.07. The summed E-state index contributed by atoms with van der Waals surface area (Å²) >= 11 is 1.22. The number of benzene rings is 5. The van der Waals surface area contributed by atoms with Gasteiger partial charge in [-0.3, -0.25) is 9.36 Å². The van der Waals surface area contributed by atoms with E-state index in [2.05, 4.69) is 0 Å². The zero-order valence-electron chi connectivity index (χ0n) is 26.8.